The van der Waals surface area contributed by atoms with Crippen LogP contribution in [0.5, 0.6) is 0 Å². The van der Waals surface area contributed by atoms with Crippen LogP contribution in [0.25, 0.3) is 10.9 Å². The molecule has 11 atom stereocenters. The van der Waals surface area contributed by atoms with Crippen LogP contribution in [0.15, 0.2) is 43.0 Å². The predicted molar refractivity (Wildman–Crippen MR) is 315 cm³/mol. The van der Waals surface area contributed by atoms with Gasteiger partial charge in [-0.3, -0.25) is 62.3 Å². The van der Waals surface area contributed by atoms with E-state index in [9.17, 15) is 77.6 Å². The lowest BCUT2D eigenvalue weighted by Crippen LogP contribution is -2.62. The number of rotatable bonds is 39. The number of imidazole rings is 1. The highest BCUT2D eigenvalue weighted by molar-refractivity contribution is 6.00. The number of carbonyl (C=O) groups excluding carboxylic acids is 13. The molecule has 1 fully saturated rings. The lowest BCUT2D eigenvalue weighted by atomic mass is 10.0. The third-order valence-electron chi connectivity index (χ3n) is 14.5. The molecule has 0 radical (unpaired) electrons. The van der Waals surface area contributed by atoms with E-state index in [0.29, 0.717) is 48.0 Å². The number of primary amides is 3. The zero-order chi connectivity index (χ0) is 65.9. The number of H-pyrrole nitrogens is 2. The van der Waals surface area contributed by atoms with Gasteiger partial charge in [0.05, 0.1) is 32.1 Å². The number of likely N-dealkylation sites (tertiary alicyclic amines) is 1. The van der Waals surface area contributed by atoms with Crippen molar-refractivity contribution in [3.05, 3.63) is 54.2 Å². The Balaban J connectivity index is 1.61. The molecule has 2 aromatic heterocycles. The standard InChI is InChI=1S/C55H84N18O16/c1-28(76)45(64-29(2)77)54(88)70-38(21-31-24-61-27-63-31)49(83)71-40(25-74)52(86)66-35(15-16-43(58)78)47(81)68-37(20-30-23-62-33-11-4-3-10-32(30)33)48(82)69-39(22-44(59)79)50(84)67-36(13-6-8-18-57)55(89)73-19-9-14-42(73)53(87)72-41(26-75)51(85)65-34(46(60)80)12-5-7-17-56/h3-4,10-11,23-24,27-28,34-42,45,62,74-76H,5-9,12-22,25-26,56-57H2,1-2H3,(H2,58,78)(H2,59,79)(H2,60,80)(H,61,63)(H,64,77)(H,65,85)(H,66,86)(H,67,84)(H,68,81)(H,69,82)(H,70,88)(H,71,83)(H,72,87)/t28-,34+,35+,36+,37+,38+,39+,40+,41+,42+,45+/m1/s1. The van der Waals surface area contributed by atoms with Gasteiger partial charge in [-0.1, -0.05) is 18.2 Å². The van der Waals surface area contributed by atoms with Crippen molar-refractivity contribution in [2.24, 2.45) is 28.7 Å². The quantitative estimate of drug-likeness (QED) is 0.0236. The molecule has 0 saturated carbocycles. The number of hydrogen-bond donors (Lipinski definition) is 19. The number of aliphatic hydroxyl groups is 3. The lowest BCUT2D eigenvalue weighted by molar-refractivity contribution is -0.143. The number of nitrogens with two attached hydrogens (primary N) is 5. The van der Waals surface area contributed by atoms with E-state index in [1.54, 1.807) is 24.3 Å². The Morgan fingerprint density at radius 2 is 1.15 bits per heavy atom. The normalized spacial score (nSPS) is 16.3. The average molecular weight is 1250 g/mol. The molecule has 34 nitrogen and oxygen atoms in total. The van der Waals surface area contributed by atoms with Gasteiger partial charge in [0.15, 0.2) is 0 Å². The van der Waals surface area contributed by atoms with Crippen LogP contribution < -0.4 is 76.5 Å². The Morgan fingerprint density at radius 3 is 1.72 bits per heavy atom. The zero-order valence-electron chi connectivity index (χ0n) is 49.6. The van der Waals surface area contributed by atoms with E-state index in [1.807, 2.05) is 0 Å². The van der Waals surface area contributed by atoms with Crippen LogP contribution in [-0.2, 0) is 75.2 Å². The fourth-order valence-electron chi connectivity index (χ4n) is 9.73. The van der Waals surface area contributed by atoms with Gasteiger partial charge in [0.2, 0.25) is 76.8 Å². The molecule has 0 spiro atoms. The van der Waals surface area contributed by atoms with Gasteiger partial charge < -0.3 is 107 Å². The Hall–Kier alpha value is -9.12. The van der Waals surface area contributed by atoms with E-state index in [1.165, 1.54) is 25.6 Å². The van der Waals surface area contributed by atoms with Crippen molar-refractivity contribution in [1.82, 2.24) is 67.7 Å². The number of aliphatic hydroxyl groups excluding tert-OH is 3. The highest BCUT2D eigenvalue weighted by Gasteiger charge is 2.41. The average Bonchev–Trinajstić information content (AvgIpc) is 3.86. The molecule has 13 amide bonds. The molecule has 4 rings (SSSR count). The number of aromatic nitrogens is 3. The van der Waals surface area contributed by atoms with E-state index in [0.717, 1.165) is 11.8 Å². The van der Waals surface area contributed by atoms with E-state index in [4.69, 9.17) is 28.7 Å². The fraction of sp³-hybridized carbons (Fsp3) is 0.564. The maximum atomic E-state index is 14.7. The minimum atomic E-state index is -1.87. The van der Waals surface area contributed by atoms with Crippen molar-refractivity contribution in [3.63, 3.8) is 0 Å². The molecule has 3 aromatic rings. The summed E-state index contributed by atoms with van der Waals surface area (Å²) in [6, 6.07) is -8.79. The zero-order valence-corrected chi connectivity index (χ0v) is 49.6. The summed E-state index contributed by atoms with van der Waals surface area (Å²) in [6.07, 6.45) is 2.13. The number of nitrogens with zero attached hydrogens (tertiary/aromatic N) is 2. The number of nitrogens with one attached hydrogen (secondary N) is 11. The molecule has 1 aliphatic rings. The highest BCUT2D eigenvalue weighted by Crippen LogP contribution is 2.22. The second kappa shape index (κ2) is 36.3. The number of hydrogen-bond acceptors (Lipinski definition) is 19. The molecular weight excluding hydrogens is 1170 g/mol. The van der Waals surface area contributed by atoms with Crippen molar-refractivity contribution in [1.29, 1.82) is 0 Å². The minimum Gasteiger partial charge on any atom is -0.394 e. The number of unbranched alkanes of at least 4 members (excludes halogenated alkanes) is 2. The van der Waals surface area contributed by atoms with Gasteiger partial charge in [-0.25, -0.2) is 4.98 Å². The number of carbonyl (C=O) groups is 13. The van der Waals surface area contributed by atoms with Crippen LogP contribution in [0.3, 0.4) is 0 Å². The van der Waals surface area contributed by atoms with Gasteiger partial charge in [-0.15, -0.1) is 0 Å². The Morgan fingerprint density at radius 1 is 0.618 bits per heavy atom. The second-order valence-corrected chi connectivity index (χ2v) is 21.5. The van der Waals surface area contributed by atoms with Crippen molar-refractivity contribution < 1.29 is 77.6 Å². The molecule has 490 valence electrons. The summed E-state index contributed by atoms with van der Waals surface area (Å²) >= 11 is 0. The minimum absolute atomic E-state index is 0.00522. The molecule has 89 heavy (non-hydrogen) atoms. The first-order chi connectivity index (χ1) is 42.3. The van der Waals surface area contributed by atoms with Crippen LogP contribution >= 0.6 is 0 Å². The number of amides is 13. The fourth-order valence-corrected chi connectivity index (χ4v) is 9.73. The van der Waals surface area contributed by atoms with E-state index in [2.05, 4.69) is 62.8 Å². The Bertz CT molecular complexity index is 2940. The van der Waals surface area contributed by atoms with Gasteiger partial charge in [0.25, 0.3) is 0 Å². The summed E-state index contributed by atoms with van der Waals surface area (Å²) < 4.78 is 0. The summed E-state index contributed by atoms with van der Waals surface area (Å²) in [5.41, 5.74) is 29.2. The monoisotopic (exact) mass is 1250 g/mol. The van der Waals surface area contributed by atoms with Crippen LogP contribution in [0.1, 0.15) is 95.7 Å². The SMILES string of the molecule is CC(=O)N[C@H](C(=O)N[C@@H](Cc1cnc[nH]1)C(=O)N[C@@H](CO)C(=O)N[C@@H](CCC(N)=O)C(=O)N[C@@H](Cc1c[nH]c2ccccc12)C(=O)N[C@@H](CC(N)=O)C(=O)N[C@@H](CCCCN)C(=O)N1CCC[C@H]1C(=O)N[C@@H](CO)C(=O)N[C@@H](CCCCN)C(N)=O)[C@@H](C)O. The number of fused-ring (bicyclic) bond motifs is 1. The maximum absolute atomic E-state index is 14.7. The molecule has 0 aliphatic carbocycles. The van der Waals surface area contributed by atoms with Gasteiger partial charge >= 0.3 is 0 Å². The Kier molecular flexibility index (Phi) is 29.5. The highest BCUT2D eigenvalue weighted by atomic mass is 16.3. The predicted octanol–water partition coefficient (Wildman–Crippen LogP) is -7.70. The first-order valence-electron chi connectivity index (χ1n) is 29.0. The topological polar surface area (TPSA) is 569 Å². The molecule has 24 N–H and O–H groups in total. The molecule has 0 bridgehead atoms. The first kappa shape index (κ1) is 72.4. The molecule has 1 aromatic carbocycles. The molecule has 3 heterocycles. The molecule has 1 aliphatic heterocycles. The smallest absolute Gasteiger partial charge is 0.245 e. The Labute approximate surface area is 511 Å². The summed E-state index contributed by atoms with van der Waals surface area (Å²) in [5, 5.41) is 53.1. The van der Waals surface area contributed by atoms with Crippen molar-refractivity contribution in [2.75, 3.05) is 32.8 Å². The third kappa shape index (κ3) is 22.8. The second-order valence-electron chi connectivity index (χ2n) is 21.5. The lowest BCUT2D eigenvalue weighted by Gasteiger charge is -2.31. The van der Waals surface area contributed by atoms with Gasteiger partial charge in [-0.2, -0.15) is 0 Å². The molecular formula is C55H84N18O16. The molecule has 34 heteroatoms. The maximum Gasteiger partial charge on any atom is 0.245 e. The van der Waals surface area contributed by atoms with E-state index in [-0.39, 0.29) is 58.0 Å². The summed E-state index contributed by atoms with van der Waals surface area (Å²) in [7, 11) is 0. The first-order valence-corrected chi connectivity index (χ1v) is 29.0. The molecule has 1 saturated heterocycles. The van der Waals surface area contributed by atoms with E-state index < -0.39 is 176 Å². The van der Waals surface area contributed by atoms with Gasteiger partial charge in [0.1, 0.15) is 60.4 Å². The van der Waals surface area contributed by atoms with Crippen LogP contribution in [0.4, 0.5) is 0 Å². The largest absolute Gasteiger partial charge is 0.394 e. The summed E-state index contributed by atoms with van der Waals surface area (Å²) in [6.45, 7) is 0.790. The van der Waals surface area contributed by atoms with Crippen LogP contribution in [0, 0.1) is 0 Å². The van der Waals surface area contributed by atoms with Gasteiger partial charge in [-0.05, 0) is 89.4 Å². The van der Waals surface area contributed by atoms with Crippen molar-refractivity contribution >= 4 is 87.7 Å². The number of para-hydroxylation sites is 1. The summed E-state index contributed by atoms with van der Waals surface area (Å²) in [4.78, 5) is 186. The molecule has 0 unspecified atom stereocenters. The summed E-state index contributed by atoms with van der Waals surface area (Å²) in [5.74, 6) is -12.8. The number of benzene rings is 1. The van der Waals surface area contributed by atoms with Crippen molar-refractivity contribution in [3.8, 4) is 0 Å². The van der Waals surface area contributed by atoms with Crippen LogP contribution in [-0.4, -0.2) is 211 Å². The van der Waals surface area contributed by atoms with E-state index >= 15 is 0 Å². The van der Waals surface area contributed by atoms with Crippen molar-refractivity contribution in [2.45, 2.75) is 164 Å². The third-order valence-corrected chi connectivity index (χ3v) is 14.5. The number of aromatic amines is 2. The van der Waals surface area contributed by atoms with Crippen LogP contribution in [0.2, 0.25) is 0 Å². The van der Waals surface area contributed by atoms with Gasteiger partial charge in [0, 0.05) is 61.7 Å².